The Morgan fingerprint density at radius 2 is 1.78 bits per heavy atom. The zero-order valence-corrected chi connectivity index (χ0v) is 14.1. The first kappa shape index (κ1) is 20.7. The summed E-state index contributed by atoms with van der Waals surface area (Å²) in [7, 11) is -5.05. The maximum atomic E-state index is 14.1. The number of alkyl halides is 2. The molecule has 12 heteroatoms. The molecule has 0 aliphatic rings. The molecule has 0 heterocycles. The summed E-state index contributed by atoms with van der Waals surface area (Å²) in [6.07, 6.45) is -3.73. The smallest absolute Gasteiger partial charge is 0.289 e. The molecule has 0 saturated carbocycles. The molecule has 7 nitrogen and oxygen atoms in total. The van der Waals surface area contributed by atoms with Crippen LogP contribution in [0.1, 0.15) is 5.56 Å². The molecular formula is C15H12F4N2O5S. The summed E-state index contributed by atoms with van der Waals surface area (Å²) in [6, 6.07) is 5.98. The van der Waals surface area contributed by atoms with E-state index in [0.717, 1.165) is 30.3 Å². The largest absolute Gasteiger partial charge is 0.394 e. The van der Waals surface area contributed by atoms with Gasteiger partial charge in [-0.2, -0.15) is 4.72 Å². The summed E-state index contributed by atoms with van der Waals surface area (Å²) in [4.78, 5) is 8.98. The highest BCUT2D eigenvalue weighted by atomic mass is 32.2. The summed E-state index contributed by atoms with van der Waals surface area (Å²) in [5.74, 6) is -3.34. The zero-order valence-electron chi connectivity index (χ0n) is 13.3. The van der Waals surface area contributed by atoms with E-state index in [1.807, 2.05) is 0 Å². The molecule has 0 aliphatic heterocycles. The van der Waals surface area contributed by atoms with Gasteiger partial charge in [0.2, 0.25) is 10.0 Å². The predicted molar refractivity (Wildman–Crippen MR) is 84.5 cm³/mol. The minimum absolute atomic E-state index is 0.614. The molecule has 2 aromatic rings. The number of hydrogen-bond donors (Lipinski definition) is 2. The minimum Gasteiger partial charge on any atom is -0.394 e. The molecule has 0 spiro atoms. The van der Waals surface area contributed by atoms with E-state index in [-0.39, 0.29) is 0 Å². The second-order valence-electron chi connectivity index (χ2n) is 5.36. The number of nitro benzene ring substituents is 1. The van der Waals surface area contributed by atoms with Gasteiger partial charge in [0.25, 0.3) is 12.1 Å². The highest BCUT2D eigenvalue weighted by Crippen LogP contribution is 2.34. The maximum Gasteiger partial charge on any atom is 0.289 e. The summed E-state index contributed by atoms with van der Waals surface area (Å²) in [5, 5.41) is 20.5. The van der Waals surface area contributed by atoms with Gasteiger partial charge in [0.1, 0.15) is 5.54 Å². The standard InChI is InChI=1S/C15H12F4N2O5S/c16-10-5-3-4-9(13(10)17)15(8-22,14(18)19)20-27(25,26)12-7-2-1-6-11(12)21(23)24/h1-7,14,20,22H,8H2. The molecule has 0 bridgehead atoms. The fourth-order valence-corrected chi connectivity index (χ4v) is 3.91. The van der Waals surface area contributed by atoms with Gasteiger partial charge in [-0.3, -0.25) is 10.1 Å². The lowest BCUT2D eigenvalue weighted by molar-refractivity contribution is -0.387. The van der Waals surface area contributed by atoms with Crippen molar-refractivity contribution < 1.29 is 36.0 Å². The Bertz CT molecular complexity index is 970. The van der Waals surface area contributed by atoms with E-state index in [1.165, 1.54) is 4.72 Å². The van der Waals surface area contributed by atoms with Crippen LogP contribution in [0.4, 0.5) is 23.2 Å². The van der Waals surface area contributed by atoms with Crippen molar-refractivity contribution in [2.24, 2.45) is 0 Å². The Labute approximate surface area is 150 Å². The highest BCUT2D eigenvalue weighted by Gasteiger charge is 2.48. The maximum absolute atomic E-state index is 14.1. The normalized spacial score (nSPS) is 14.1. The van der Waals surface area contributed by atoms with E-state index < -0.39 is 61.3 Å². The Morgan fingerprint density at radius 3 is 2.33 bits per heavy atom. The van der Waals surface area contributed by atoms with E-state index in [2.05, 4.69) is 0 Å². The topological polar surface area (TPSA) is 110 Å². The van der Waals surface area contributed by atoms with Crippen molar-refractivity contribution in [3.05, 3.63) is 69.8 Å². The van der Waals surface area contributed by atoms with Crippen molar-refractivity contribution in [3.63, 3.8) is 0 Å². The highest BCUT2D eigenvalue weighted by molar-refractivity contribution is 7.89. The van der Waals surface area contributed by atoms with Crippen LogP contribution in [-0.4, -0.2) is 31.5 Å². The number of hydrogen-bond acceptors (Lipinski definition) is 5. The molecule has 0 radical (unpaired) electrons. The van der Waals surface area contributed by atoms with Gasteiger partial charge in [-0.05, 0) is 12.1 Å². The fraction of sp³-hybridized carbons (Fsp3) is 0.200. The Kier molecular flexibility index (Phi) is 5.82. The van der Waals surface area contributed by atoms with Crippen molar-refractivity contribution >= 4 is 15.7 Å². The predicted octanol–water partition coefficient (Wildman–Crippen LogP) is 2.30. The lowest BCUT2D eigenvalue weighted by Gasteiger charge is -2.32. The first-order valence-corrected chi connectivity index (χ1v) is 8.66. The molecule has 0 aliphatic carbocycles. The van der Waals surface area contributed by atoms with Crippen LogP contribution in [0.25, 0.3) is 0 Å². The quantitative estimate of drug-likeness (QED) is 0.415. The number of halogens is 4. The van der Waals surface area contributed by atoms with Crippen molar-refractivity contribution in [2.45, 2.75) is 16.9 Å². The van der Waals surface area contributed by atoms with Crippen molar-refractivity contribution in [3.8, 4) is 0 Å². The van der Waals surface area contributed by atoms with Crippen LogP contribution in [-0.2, 0) is 15.6 Å². The number of nitrogens with one attached hydrogen (secondary N) is 1. The van der Waals surface area contributed by atoms with Crippen molar-refractivity contribution in [1.29, 1.82) is 0 Å². The van der Waals surface area contributed by atoms with Crippen LogP contribution in [0.2, 0.25) is 0 Å². The Hall–Kier alpha value is -2.57. The molecule has 0 amide bonds. The van der Waals surface area contributed by atoms with Crippen LogP contribution in [0.5, 0.6) is 0 Å². The number of benzene rings is 2. The summed E-state index contributed by atoms with van der Waals surface area (Å²) in [5.41, 5.74) is -5.35. The van der Waals surface area contributed by atoms with Gasteiger partial charge >= 0.3 is 0 Å². The van der Waals surface area contributed by atoms with Gasteiger partial charge < -0.3 is 5.11 Å². The molecule has 0 saturated heterocycles. The third-order valence-corrected chi connectivity index (χ3v) is 5.28. The van der Waals surface area contributed by atoms with E-state index in [9.17, 15) is 41.2 Å². The monoisotopic (exact) mass is 408 g/mol. The molecule has 2 rings (SSSR count). The average molecular weight is 408 g/mol. The number of aliphatic hydroxyl groups excluding tert-OH is 1. The Morgan fingerprint density at radius 1 is 1.15 bits per heavy atom. The lowest BCUT2D eigenvalue weighted by Crippen LogP contribution is -2.54. The van der Waals surface area contributed by atoms with E-state index in [0.29, 0.717) is 12.1 Å². The second-order valence-corrected chi connectivity index (χ2v) is 7.01. The van der Waals surface area contributed by atoms with Crippen molar-refractivity contribution in [2.75, 3.05) is 6.61 Å². The molecule has 1 atom stereocenters. The summed E-state index contributed by atoms with van der Waals surface area (Å²) >= 11 is 0. The van der Waals surface area contributed by atoms with Gasteiger partial charge in [-0.25, -0.2) is 26.0 Å². The molecule has 2 N–H and O–H groups in total. The number of aliphatic hydroxyl groups is 1. The first-order valence-electron chi connectivity index (χ1n) is 7.17. The van der Waals surface area contributed by atoms with Crippen LogP contribution < -0.4 is 4.72 Å². The zero-order chi connectivity index (χ0) is 20.4. The van der Waals surface area contributed by atoms with Crippen LogP contribution >= 0.6 is 0 Å². The fourth-order valence-electron chi connectivity index (χ4n) is 2.38. The van der Waals surface area contributed by atoms with Gasteiger partial charge in [0.05, 0.1) is 11.5 Å². The van der Waals surface area contributed by atoms with Crippen LogP contribution in [0, 0.1) is 21.7 Å². The first-order chi connectivity index (χ1) is 12.6. The van der Waals surface area contributed by atoms with Gasteiger partial charge in [-0.1, -0.05) is 24.3 Å². The van der Waals surface area contributed by atoms with Gasteiger partial charge in [-0.15, -0.1) is 0 Å². The molecule has 27 heavy (non-hydrogen) atoms. The number of nitro groups is 1. The van der Waals surface area contributed by atoms with Crippen LogP contribution in [0.3, 0.4) is 0 Å². The lowest BCUT2D eigenvalue weighted by atomic mass is 9.91. The van der Waals surface area contributed by atoms with Crippen LogP contribution in [0.15, 0.2) is 47.4 Å². The van der Waals surface area contributed by atoms with E-state index >= 15 is 0 Å². The summed E-state index contributed by atoms with van der Waals surface area (Å²) in [6.45, 7) is -1.65. The third-order valence-electron chi connectivity index (χ3n) is 3.72. The number of para-hydroxylation sites is 1. The molecule has 146 valence electrons. The van der Waals surface area contributed by atoms with E-state index in [4.69, 9.17) is 0 Å². The van der Waals surface area contributed by atoms with Gasteiger partial charge in [0, 0.05) is 11.6 Å². The summed E-state index contributed by atoms with van der Waals surface area (Å²) < 4.78 is 81.5. The SMILES string of the molecule is O=[N+]([O-])c1ccccc1S(=O)(=O)NC(CO)(c1cccc(F)c1F)C(F)F. The Balaban J connectivity index is 2.67. The second kappa shape index (κ2) is 7.58. The molecule has 0 aromatic heterocycles. The third kappa shape index (κ3) is 3.77. The van der Waals surface area contributed by atoms with E-state index in [1.54, 1.807) is 0 Å². The molecule has 2 aromatic carbocycles. The number of nitrogens with zero attached hydrogens (tertiary/aromatic N) is 1. The van der Waals surface area contributed by atoms with Crippen molar-refractivity contribution in [1.82, 2.24) is 4.72 Å². The average Bonchev–Trinajstić information content (AvgIpc) is 2.62. The molecular weight excluding hydrogens is 396 g/mol. The number of sulfonamides is 1. The minimum atomic E-state index is -5.05. The molecule has 0 fully saturated rings. The van der Waals surface area contributed by atoms with Gasteiger partial charge in [0.15, 0.2) is 16.5 Å². The number of rotatable bonds is 7. The molecule has 1 unspecified atom stereocenters.